The summed E-state index contributed by atoms with van der Waals surface area (Å²) < 4.78 is 2.07. The molecule has 1 rings (SSSR count). The van der Waals surface area contributed by atoms with Crippen molar-refractivity contribution in [1.29, 1.82) is 0 Å². The van der Waals surface area contributed by atoms with Crippen LogP contribution >= 0.6 is 11.6 Å². The van der Waals surface area contributed by atoms with E-state index in [-0.39, 0.29) is 5.54 Å². The standard InChI is InChI=1S/C13H24ClN3/c1-5-11-8-12(17(7-3)16-11)9-15-13(4,6-2)10-14/h8,15H,5-7,9-10H2,1-4H3. The van der Waals surface area contributed by atoms with Gasteiger partial charge in [0, 0.05) is 24.5 Å². The first-order chi connectivity index (χ1) is 8.08. The van der Waals surface area contributed by atoms with Crippen LogP contribution in [0.3, 0.4) is 0 Å². The van der Waals surface area contributed by atoms with Crippen LogP contribution in [0, 0.1) is 0 Å². The number of halogens is 1. The summed E-state index contributed by atoms with van der Waals surface area (Å²) in [6.07, 6.45) is 2.01. The van der Waals surface area contributed by atoms with Crippen LogP contribution in [-0.4, -0.2) is 21.2 Å². The zero-order valence-corrected chi connectivity index (χ0v) is 12.1. The Balaban J connectivity index is 2.71. The number of aryl methyl sites for hydroxylation is 2. The van der Waals surface area contributed by atoms with E-state index in [9.17, 15) is 0 Å². The topological polar surface area (TPSA) is 29.9 Å². The summed E-state index contributed by atoms with van der Waals surface area (Å²) in [5, 5.41) is 8.07. The van der Waals surface area contributed by atoms with E-state index in [0.717, 1.165) is 31.6 Å². The lowest BCUT2D eigenvalue weighted by molar-refractivity contribution is 0.372. The van der Waals surface area contributed by atoms with Gasteiger partial charge in [-0.05, 0) is 32.8 Å². The summed E-state index contributed by atoms with van der Waals surface area (Å²) in [6.45, 7) is 10.3. The zero-order chi connectivity index (χ0) is 12.9. The number of rotatable bonds is 7. The normalized spacial score (nSPS) is 14.9. The van der Waals surface area contributed by atoms with E-state index in [1.807, 2.05) is 0 Å². The van der Waals surface area contributed by atoms with Crippen molar-refractivity contribution >= 4 is 11.6 Å². The first-order valence-electron chi connectivity index (χ1n) is 6.45. The van der Waals surface area contributed by atoms with E-state index >= 15 is 0 Å². The molecule has 4 heteroatoms. The van der Waals surface area contributed by atoms with E-state index in [1.165, 1.54) is 5.69 Å². The molecule has 0 aliphatic heterocycles. The summed E-state index contributed by atoms with van der Waals surface area (Å²) >= 11 is 6.00. The second-order valence-electron chi connectivity index (χ2n) is 4.70. The van der Waals surface area contributed by atoms with Gasteiger partial charge in [0.1, 0.15) is 0 Å². The Bertz CT molecular complexity index is 342. The molecule has 0 amide bonds. The van der Waals surface area contributed by atoms with Gasteiger partial charge in [-0.1, -0.05) is 13.8 Å². The van der Waals surface area contributed by atoms with Gasteiger partial charge >= 0.3 is 0 Å². The van der Waals surface area contributed by atoms with Crippen LogP contribution in [0.4, 0.5) is 0 Å². The Morgan fingerprint density at radius 3 is 2.59 bits per heavy atom. The second-order valence-corrected chi connectivity index (χ2v) is 4.96. The zero-order valence-electron chi connectivity index (χ0n) is 11.4. The predicted molar refractivity (Wildman–Crippen MR) is 73.5 cm³/mol. The van der Waals surface area contributed by atoms with Gasteiger partial charge in [0.2, 0.25) is 0 Å². The van der Waals surface area contributed by atoms with Gasteiger partial charge in [0.05, 0.1) is 11.4 Å². The average Bonchev–Trinajstić information content (AvgIpc) is 2.78. The molecule has 1 unspecified atom stereocenters. The number of nitrogens with zero attached hydrogens (tertiary/aromatic N) is 2. The fourth-order valence-corrected chi connectivity index (χ4v) is 1.96. The molecule has 0 fully saturated rings. The molecule has 17 heavy (non-hydrogen) atoms. The van der Waals surface area contributed by atoms with E-state index in [1.54, 1.807) is 0 Å². The third-order valence-electron chi connectivity index (χ3n) is 3.35. The van der Waals surface area contributed by atoms with Crippen molar-refractivity contribution in [2.24, 2.45) is 0 Å². The molecule has 0 bridgehead atoms. The highest BCUT2D eigenvalue weighted by Gasteiger charge is 2.20. The minimum atomic E-state index is 0.0107. The predicted octanol–water partition coefficient (Wildman–Crippen LogP) is 2.96. The van der Waals surface area contributed by atoms with Crippen LogP contribution in [0.2, 0.25) is 0 Å². The third kappa shape index (κ3) is 3.71. The van der Waals surface area contributed by atoms with Gasteiger partial charge in [-0.3, -0.25) is 4.68 Å². The molecule has 0 saturated heterocycles. The van der Waals surface area contributed by atoms with Crippen molar-refractivity contribution in [1.82, 2.24) is 15.1 Å². The first-order valence-corrected chi connectivity index (χ1v) is 6.98. The van der Waals surface area contributed by atoms with E-state index in [4.69, 9.17) is 11.6 Å². The molecular weight excluding hydrogens is 234 g/mol. The summed E-state index contributed by atoms with van der Waals surface area (Å²) in [5.74, 6) is 0.629. The summed E-state index contributed by atoms with van der Waals surface area (Å²) in [6, 6.07) is 2.18. The highest BCUT2D eigenvalue weighted by Crippen LogP contribution is 2.13. The van der Waals surface area contributed by atoms with E-state index in [2.05, 4.69) is 48.9 Å². The minimum Gasteiger partial charge on any atom is -0.305 e. The van der Waals surface area contributed by atoms with Gasteiger partial charge in [-0.25, -0.2) is 0 Å². The highest BCUT2D eigenvalue weighted by molar-refractivity contribution is 6.18. The summed E-state index contributed by atoms with van der Waals surface area (Å²) in [5.41, 5.74) is 2.42. The van der Waals surface area contributed by atoms with Crippen LogP contribution in [-0.2, 0) is 19.5 Å². The van der Waals surface area contributed by atoms with Crippen molar-refractivity contribution < 1.29 is 0 Å². The highest BCUT2D eigenvalue weighted by atomic mass is 35.5. The molecule has 1 N–H and O–H groups in total. The van der Waals surface area contributed by atoms with Crippen molar-refractivity contribution in [2.75, 3.05) is 5.88 Å². The lowest BCUT2D eigenvalue weighted by Crippen LogP contribution is -2.43. The fraction of sp³-hybridized carbons (Fsp3) is 0.769. The molecule has 1 heterocycles. The first kappa shape index (κ1) is 14.5. The molecule has 1 aromatic heterocycles. The molecule has 1 aromatic rings. The molecule has 0 spiro atoms. The van der Waals surface area contributed by atoms with Crippen LogP contribution in [0.25, 0.3) is 0 Å². The molecule has 98 valence electrons. The van der Waals surface area contributed by atoms with Gasteiger partial charge in [0.15, 0.2) is 0 Å². The van der Waals surface area contributed by atoms with Crippen LogP contribution in [0.1, 0.15) is 45.5 Å². The molecule has 3 nitrogen and oxygen atoms in total. The maximum Gasteiger partial charge on any atom is 0.0625 e. The number of alkyl halides is 1. The molecule has 0 aliphatic rings. The van der Waals surface area contributed by atoms with Crippen molar-refractivity contribution in [3.8, 4) is 0 Å². The number of aromatic nitrogens is 2. The maximum atomic E-state index is 6.00. The molecule has 1 atom stereocenters. The van der Waals surface area contributed by atoms with Crippen LogP contribution in [0.15, 0.2) is 6.07 Å². The quantitative estimate of drug-likeness (QED) is 0.761. The smallest absolute Gasteiger partial charge is 0.0625 e. The third-order valence-corrected chi connectivity index (χ3v) is 3.94. The Labute approximate surface area is 110 Å². The largest absolute Gasteiger partial charge is 0.305 e. The van der Waals surface area contributed by atoms with Crippen molar-refractivity contribution in [3.63, 3.8) is 0 Å². The summed E-state index contributed by atoms with van der Waals surface area (Å²) in [4.78, 5) is 0. The Kier molecular flexibility index (Phi) is 5.47. The monoisotopic (exact) mass is 257 g/mol. The molecule has 0 radical (unpaired) electrons. The lowest BCUT2D eigenvalue weighted by Gasteiger charge is -2.27. The van der Waals surface area contributed by atoms with Gasteiger partial charge < -0.3 is 5.32 Å². The van der Waals surface area contributed by atoms with Crippen molar-refractivity contribution in [3.05, 3.63) is 17.5 Å². The fourth-order valence-electron chi connectivity index (χ4n) is 1.67. The average molecular weight is 258 g/mol. The Morgan fingerprint density at radius 2 is 2.12 bits per heavy atom. The molecule has 0 saturated carbocycles. The molecule has 0 aromatic carbocycles. The number of hydrogen-bond donors (Lipinski definition) is 1. The minimum absolute atomic E-state index is 0.0107. The Morgan fingerprint density at radius 1 is 1.41 bits per heavy atom. The second kappa shape index (κ2) is 6.41. The number of nitrogens with one attached hydrogen (secondary N) is 1. The molecular formula is C13H24ClN3. The maximum absolute atomic E-state index is 6.00. The van der Waals surface area contributed by atoms with Gasteiger partial charge in [0.25, 0.3) is 0 Å². The SMILES string of the molecule is CCc1cc(CNC(C)(CC)CCl)n(CC)n1. The van der Waals surface area contributed by atoms with Crippen LogP contribution < -0.4 is 5.32 Å². The van der Waals surface area contributed by atoms with E-state index in [0.29, 0.717) is 5.88 Å². The lowest BCUT2D eigenvalue weighted by atomic mass is 10.0. The van der Waals surface area contributed by atoms with Crippen LogP contribution in [0.5, 0.6) is 0 Å². The van der Waals surface area contributed by atoms with Crippen molar-refractivity contribution in [2.45, 2.75) is 59.2 Å². The molecule has 0 aliphatic carbocycles. The van der Waals surface area contributed by atoms with Gasteiger partial charge in [-0.2, -0.15) is 5.10 Å². The van der Waals surface area contributed by atoms with E-state index < -0.39 is 0 Å². The Hall–Kier alpha value is -0.540. The van der Waals surface area contributed by atoms with Gasteiger partial charge in [-0.15, -0.1) is 11.6 Å². The summed E-state index contributed by atoms with van der Waals surface area (Å²) in [7, 11) is 0. The number of hydrogen-bond acceptors (Lipinski definition) is 2.